The van der Waals surface area contributed by atoms with Gasteiger partial charge in [0.25, 0.3) is 5.56 Å². The molecule has 2 rings (SSSR count). The summed E-state index contributed by atoms with van der Waals surface area (Å²) < 4.78 is 0.265. The van der Waals surface area contributed by atoms with Crippen LogP contribution in [0.2, 0.25) is 0 Å². The zero-order valence-electron chi connectivity index (χ0n) is 8.96. The van der Waals surface area contributed by atoms with Crippen LogP contribution in [0.3, 0.4) is 0 Å². The Morgan fingerprint density at radius 2 is 1.94 bits per heavy atom. The van der Waals surface area contributed by atoms with E-state index in [2.05, 4.69) is 25.9 Å². The molecule has 1 aromatic carbocycles. The molecule has 0 fully saturated rings. The Morgan fingerprint density at radius 1 is 1.28 bits per heavy atom. The molecule has 1 aromatic heterocycles. The van der Waals surface area contributed by atoms with E-state index in [1.165, 1.54) is 0 Å². The molecule has 0 spiro atoms. The van der Waals surface area contributed by atoms with E-state index in [9.17, 15) is 4.79 Å². The van der Waals surface area contributed by atoms with Crippen LogP contribution < -0.4 is 11.0 Å². The van der Waals surface area contributed by atoms with Crippen molar-refractivity contribution in [1.29, 1.82) is 0 Å². The Kier molecular flexibility index (Phi) is 3.72. The van der Waals surface area contributed by atoms with Crippen LogP contribution in [-0.2, 0) is 0 Å². The average molecular weight is 313 g/mol. The summed E-state index contributed by atoms with van der Waals surface area (Å²) >= 11 is 3.14. The Balaban J connectivity index is 2.53. The van der Waals surface area contributed by atoms with Gasteiger partial charge in [-0.05, 0) is 15.9 Å². The molecule has 2 aromatic rings. The number of nitrogens with zero attached hydrogens (tertiary/aromatic N) is 2. The van der Waals surface area contributed by atoms with E-state index >= 15 is 0 Å². The van der Waals surface area contributed by atoms with Gasteiger partial charge in [0.15, 0.2) is 0 Å². The number of nitrogens with one attached hydrogen (secondary N) is 2. The number of anilines is 1. The molecule has 0 saturated heterocycles. The maximum Gasteiger partial charge on any atom is 0.267 e. The minimum Gasteiger partial charge on any atom is -0.291 e. The molecule has 0 amide bonds. The van der Waals surface area contributed by atoms with Crippen LogP contribution in [0.25, 0.3) is 11.3 Å². The fourth-order valence-corrected chi connectivity index (χ4v) is 1.81. The summed E-state index contributed by atoms with van der Waals surface area (Å²) in [4.78, 5) is 18.1. The van der Waals surface area contributed by atoms with Crippen molar-refractivity contribution in [2.24, 2.45) is 0 Å². The fraction of sp³-hybridized carbons (Fsp3) is 0. The zero-order valence-corrected chi connectivity index (χ0v) is 10.5. The van der Waals surface area contributed by atoms with Gasteiger partial charge in [0.2, 0.25) is 5.95 Å². The highest BCUT2D eigenvalue weighted by Gasteiger charge is 2.11. The van der Waals surface area contributed by atoms with Gasteiger partial charge in [-0.25, -0.2) is 10.4 Å². The summed E-state index contributed by atoms with van der Waals surface area (Å²) in [7, 11) is 0. The van der Waals surface area contributed by atoms with Crippen molar-refractivity contribution in [2.75, 3.05) is 5.43 Å². The first-order valence-corrected chi connectivity index (χ1v) is 5.67. The van der Waals surface area contributed by atoms with Gasteiger partial charge in [-0.1, -0.05) is 30.3 Å². The lowest BCUT2D eigenvalue weighted by atomic mass is 10.1. The zero-order chi connectivity index (χ0) is 13.1. The van der Waals surface area contributed by atoms with Crippen LogP contribution in [0.5, 0.6) is 0 Å². The normalized spacial score (nSPS) is 10.7. The monoisotopic (exact) mass is 312 g/mol. The summed E-state index contributed by atoms with van der Waals surface area (Å²) in [6, 6.07) is 9.02. The second kappa shape index (κ2) is 5.27. The lowest BCUT2D eigenvalue weighted by Gasteiger charge is -2.10. The first-order chi connectivity index (χ1) is 8.58. The fourth-order valence-electron chi connectivity index (χ4n) is 1.39. The molecule has 7 nitrogen and oxygen atoms in total. The van der Waals surface area contributed by atoms with Crippen molar-refractivity contribution in [3.8, 4) is 11.3 Å². The smallest absolute Gasteiger partial charge is 0.267 e. The number of hydrogen-bond donors (Lipinski definition) is 4. The maximum atomic E-state index is 11.7. The molecule has 1 heterocycles. The van der Waals surface area contributed by atoms with Crippen LogP contribution in [0.1, 0.15) is 0 Å². The number of benzene rings is 1. The topological polar surface area (TPSA) is 101 Å². The Labute approximate surface area is 110 Å². The summed E-state index contributed by atoms with van der Waals surface area (Å²) in [5, 5.41) is 17.0. The quantitative estimate of drug-likeness (QED) is 0.642. The van der Waals surface area contributed by atoms with Crippen molar-refractivity contribution in [1.82, 2.24) is 15.3 Å². The highest BCUT2D eigenvalue weighted by molar-refractivity contribution is 9.10. The Bertz CT molecular complexity index is 600. The van der Waals surface area contributed by atoms with Crippen LogP contribution in [0, 0.1) is 0 Å². The minimum atomic E-state index is -0.437. The third-order valence-electron chi connectivity index (χ3n) is 2.12. The molecular formula is C10H9BrN4O3. The van der Waals surface area contributed by atoms with Gasteiger partial charge in [0.1, 0.15) is 4.47 Å². The third-order valence-corrected chi connectivity index (χ3v) is 2.85. The second-order valence-electron chi connectivity index (χ2n) is 3.34. The van der Waals surface area contributed by atoms with E-state index in [1.807, 2.05) is 23.6 Å². The van der Waals surface area contributed by atoms with Crippen LogP contribution >= 0.6 is 15.9 Å². The van der Waals surface area contributed by atoms with Gasteiger partial charge in [0, 0.05) is 10.9 Å². The van der Waals surface area contributed by atoms with Crippen molar-refractivity contribution in [3.05, 3.63) is 45.2 Å². The molecule has 94 valence electrons. The van der Waals surface area contributed by atoms with Crippen molar-refractivity contribution in [3.63, 3.8) is 0 Å². The SMILES string of the molecule is O=c1[nH]c(NN(O)O)nc(-c2ccccc2)c1Br. The molecule has 8 heteroatoms. The van der Waals surface area contributed by atoms with E-state index in [-0.39, 0.29) is 15.8 Å². The highest BCUT2D eigenvalue weighted by atomic mass is 79.9. The average Bonchev–Trinajstić information content (AvgIpc) is 2.34. The lowest BCUT2D eigenvalue weighted by molar-refractivity contribution is -0.288. The standard InChI is InChI=1S/C10H9BrN4O3/c11-7-8(6-4-2-1-3-5-6)12-10(13-9(7)16)14-15(17)18/h1-5,17-18H,(H2,12,13,14,16). The summed E-state index contributed by atoms with van der Waals surface area (Å²) in [6.45, 7) is 0. The number of hydrazine groups is 1. The Hall–Kier alpha value is -1.74. The lowest BCUT2D eigenvalue weighted by Crippen LogP contribution is -2.25. The second-order valence-corrected chi connectivity index (χ2v) is 4.14. The number of rotatable bonds is 3. The molecule has 4 N–H and O–H groups in total. The molecule has 18 heavy (non-hydrogen) atoms. The van der Waals surface area contributed by atoms with Crippen molar-refractivity contribution in [2.45, 2.75) is 0 Å². The molecule has 0 aliphatic heterocycles. The van der Waals surface area contributed by atoms with E-state index < -0.39 is 5.56 Å². The van der Waals surface area contributed by atoms with Gasteiger partial charge >= 0.3 is 0 Å². The van der Waals surface area contributed by atoms with E-state index in [1.54, 1.807) is 12.1 Å². The predicted molar refractivity (Wildman–Crippen MR) is 67.0 cm³/mol. The van der Waals surface area contributed by atoms with E-state index in [0.717, 1.165) is 5.56 Å². The van der Waals surface area contributed by atoms with Gasteiger partial charge in [-0.3, -0.25) is 20.2 Å². The first kappa shape index (κ1) is 12.7. The van der Waals surface area contributed by atoms with E-state index in [4.69, 9.17) is 10.4 Å². The molecule has 0 aliphatic rings. The molecule has 0 radical (unpaired) electrons. The van der Waals surface area contributed by atoms with Gasteiger partial charge in [0.05, 0.1) is 5.69 Å². The number of halogens is 1. The summed E-state index contributed by atoms with van der Waals surface area (Å²) in [5.74, 6) is -0.0907. The number of hydrogen-bond acceptors (Lipinski definition) is 6. The largest absolute Gasteiger partial charge is 0.291 e. The highest BCUT2D eigenvalue weighted by Crippen LogP contribution is 2.23. The van der Waals surface area contributed by atoms with Crippen molar-refractivity contribution < 1.29 is 10.4 Å². The third kappa shape index (κ3) is 2.74. The van der Waals surface area contributed by atoms with Gasteiger partial charge in [-0.15, -0.1) is 0 Å². The molecule has 0 aliphatic carbocycles. The van der Waals surface area contributed by atoms with Gasteiger partial charge < -0.3 is 0 Å². The maximum absolute atomic E-state index is 11.7. The molecule has 0 unspecified atom stereocenters. The summed E-state index contributed by atoms with van der Waals surface area (Å²) in [6.07, 6.45) is 0. The minimum absolute atomic E-state index is 0.0907. The van der Waals surface area contributed by atoms with Crippen molar-refractivity contribution >= 4 is 21.9 Å². The summed E-state index contributed by atoms with van der Waals surface area (Å²) in [5.41, 5.74) is 2.72. The van der Waals surface area contributed by atoms with Crippen LogP contribution in [0.4, 0.5) is 5.95 Å². The molecule has 0 atom stereocenters. The van der Waals surface area contributed by atoms with Crippen LogP contribution in [0.15, 0.2) is 39.6 Å². The van der Waals surface area contributed by atoms with E-state index in [0.29, 0.717) is 5.69 Å². The van der Waals surface area contributed by atoms with Crippen LogP contribution in [-0.4, -0.2) is 25.7 Å². The number of aromatic nitrogens is 2. The predicted octanol–water partition coefficient (Wildman–Crippen LogP) is 1.61. The molecule has 0 saturated carbocycles. The molecule has 0 bridgehead atoms. The first-order valence-electron chi connectivity index (χ1n) is 4.87. The number of H-pyrrole nitrogens is 1. The number of aromatic amines is 1. The molecular weight excluding hydrogens is 304 g/mol. The van der Waals surface area contributed by atoms with Gasteiger partial charge in [-0.2, -0.15) is 0 Å². The Morgan fingerprint density at radius 3 is 2.56 bits per heavy atom.